The van der Waals surface area contributed by atoms with E-state index in [2.05, 4.69) is 20.7 Å². The van der Waals surface area contributed by atoms with Gasteiger partial charge in [-0.2, -0.15) is 0 Å². The summed E-state index contributed by atoms with van der Waals surface area (Å²) in [5.41, 5.74) is 8.53. The van der Waals surface area contributed by atoms with E-state index >= 15 is 0 Å². The van der Waals surface area contributed by atoms with Gasteiger partial charge in [0.1, 0.15) is 11.6 Å². The summed E-state index contributed by atoms with van der Waals surface area (Å²) in [4.78, 5) is 21.6. The van der Waals surface area contributed by atoms with Crippen LogP contribution in [0, 0.1) is 5.82 Å². The molecule has 2 saturated heterocycles. The lowest BCUT2D eigenvalue weighted by molar-refractivity contribution is 0.0792. The molecule has 2 atom stereocenters. The van der Waals surface area contributed by atoms with Crippen LogP contribution in [0.1, 0.15) is 66.9 Å². The van der Waals surface area contributed by atoms with E-state index in [-0.39, 0.29) is 17.8 Å². The minimum absolute atomic E-state index is 0.0591. The number of benzene rings is 1. The van der Waals surface area contributed by atoms with Gasteiger partial charge in [0.25, 0.3) is 5.91 Å². The Morgan fingerprint density at radius 3 is 2.69 bits per heavy atom. The Morgan fingerprint density at radius 1 is 1.12 bits per heavy atom. The predicted octanol–water partition coefficient (Wildman–Crippen LogP) is 4.06. The van der Waals surface area contributed by atoms with Gasteiger partial charge in [-0.05, 0) is 61.9 Å². The highest BCUT2D eigenvalue weighted by molar-refractivity contribution is 5.98. The molecule has 2 N–H and O–H groups in total. The summed E-state index contributed by atoms with van der Waals surface area (Å²) < 4.78 is 13.1. The van der Waals surface area contributed by atoms with Crippen LogP contribution in [0.2, 0.25) is 0 Å². The maximum Gasteiger partial charge on any atom is 0.257 e. The number of hydrogen-bond acceptors (Lipinski definition) is 5. The fourth-order valence-electron chi connectivity index (χ4n) is 4.69. The van der Waals surface area contributed by atoms with Crippen LogP contribution in [0.4, 0.5) is 10.2 Å². The standard InChI is InChI=1S/C25H34FN5O/c1-30(25(32)22-9-7-14-27-24(22)31-16-5-6-17-31)15-4-2-3-8-21-18-23(29-28-21)19-10-12-20(26)13-11-19/h7,9-14,21,23,28-29H,2-6,8,15-18H2,1H3. The molecule has 172 valence electrons. The molecule has 3 heterocycles. The van der Waals surface area contributed by atoms with Crippen molar-refractivity contribution in [2.24, 2.45) is 0 Å². The topological polar surface area (TPSA) is 60.5 Å². The molecule has 1 aromatic carbocycles. The van der Waals surface area contributed by atoms with Gasteiger partial charge in [-0.1, -0.05) is 25.0 Å². The van der Waals surface area contributed by atoms with Crippen LogP contribution < -0.4 is 15.8 Å². The smallest absolute Gasteiger partial charge is 0.257 e. The third-order valence-electron chi connectivity index (χ3n) is 6.57. The Balaban J connectivity index is 1.17. The van der Waals surface area contributed by atoms with Crippen molar-refractivity contribution >= 4 is 11.7 Å². The van der Waals surface area contributed by atoms with Crippen molar-refractivity contribution < 1.29 is 9.18 Å². The predicted molar refractivity (Wildman–Crippen MR) is 125 cm³/mol. The highest BCUT2D eigenvalue weighted by atomic mass is 19.1. The molecule has 6 nitrogen and oxygen atoms in total. The van der Waals surface area contributed by atoms with E-state index in [1.54, 1.807) is 6.20 Å². The molecule has 2 fully saturated rings. The quantitative estimate of drug-likeness (QED) is 0.577. The molecule has 0 spiro atoms. The number of rotatable bonds is 9. The molecule has 2 unspecified atom stereocenters. The number of aromatic nitrogens is 1. The first-order chi connectivity index (χ1) is 15.6. The van der Waals surface area contributed by atoms with E-state index in [0.29, 0.717) is 11.6 Å². The van der Waals surface area contributed by atoms with Crippen LogP contribution in [0.5, 0.6) is 0 Å². The highest BCUT2D eigenvalue weighted by Crippen LogP contribution is 2.25. The second-order valence-corrected chi connectivity index (χ2v) is 8.97. The highest BCUT2D eigenvalue weighted by Gasteiger charge is 2.25. The minimum Gasteiger partial charge on any atom is -0.356 e. The van der Waals surface area contributed by atoms with Crippen molar-refractivity contribution in [2.45, 2.75) is 57.0 Å². The van der Waals surface area contributed by atoms with Gasteiger partial charge in [-0.15, -0.1) is 0 Å². The summed E-state index contributed by atoms with van der Waals surface area (Å²) in [6.45, 7) is 2.71. The third kappa shape index (κ3) is 5.64. The second-order valence-electron chi connectivity index (χ2n) is 8.97. The molecule has 0 aliphatic carbocycles. The fourth-order valence-corrected chi connectivity index (χ4v) is 4.69. The van der Waals surface area contributed by atoms with Gasteiger partial charge in [0, 0.05) is 45.0 Å². The Kier molecular flexibility index (Phi) is 7.71. The van der Waals surface area contributed by atoms with Crippen molar-refractivity contribution in [1.29, 1.82) is 0 Å². The number of hydrazine groups is 1. The average Bonchev–Trinajstić information content (AvgIpc) is 3.51. The van der Waals surface area contributed by atoms with Crippen LogP contribution in [0.3, 0.4) is 0 Å². The molecule has 1 aromatic heterocycles. The summed E-state index contributed by atoms with van der Waals surface area (Å²) >= 11 is 0. The van der Waals surface area contributed by atoms with Gasteiger partial charge >= 0.3 is 0 Å². The number of carbonyl (C=O) groups is 1. The van der Waals surface area contributed by atoms with Crippen molar-refractivity contribution in [3.63, 3.8) is 0 Å². The van der Waals surface area contributed by atoms with E-state index in [0.717, 1.165) is 76.0 Å². The van der Waals surface area contributed by atoms with Crippen LogP contribution in [-0.2, 0) is 0 Å². The number of unbranched alkanes of at least 4 members (excludes halogenated alkanes) is 2. The van der Waals surface area contributed by atoms with Gasteiger partial charge in [-0.3, -0.25) is 15.6 Å². The number of nitrogens with zero attached hydrogens (tertiary/aromatic N) is 3. The molecule has 0 saturated carbocycles. The number of anilines is 1. The lowest BCUT2D eigenvalue weighted by Gasteiger charge is -2.23. The molecular formula is C25H34FN5O. The van der Waals surface area contributed by atoms with Gasteiger partial charge in [0.2, 0.25) is 0 Å². The zero-order valence-corrected chi connectivity index (χ0v) is 18.9. The molecule has 0 bridgehead atoms. The van der Waals surface area contributed by atoms with Crippen LogP contribution in [-0.4, -0.2) is 48.5 Å². The lowest BCUT2D eigenvalue weighted by Crippen LogP contribution is -2.31. The maximum atomic E-state index is 13.1. The zero-order valence-electron chi connectivity index (χ0n) is 18.9. The van der Waals surface area contributed by atoms with Gasteiger partial charge in [-0.25, -0.2) is 9.37 Å². The summed E-state index contributed by atoms with van der Waals surface area (Å²) in [6, 6.07) is 11.1. The molecule has 4 rings (SSSR count). The normalized spacial score (nSPS) is 20.6. The van der Waals surface area contributed by atoms with Gasteiger partial charge in [0.15, 0.2) is 0 Å². The van der Waals surface area contributed by atoms with Gasteiger partial charge in [0.05, 0.1) is 5.56 Å². The van der Waals surface area contributed by atoms with Crippen molar-refractivity contribution in [1.82, 2.24) is 20.7 Å². The number of carbonyl (C=O) groups excluding carboxylic acids is 1. The van der Waals surface area contributed by atoms with E-state index in [1.165, 1.54) is 12.1 Å². The molecule has 2 aliphatic rings. The van der Waals surface area contributed by atoms with E-state index < -0.39 is 0 Å². The number of amides is 1. The monoisotopic (exact) mass is 439 g/mol. The number of hydrogen-bond donors (Lipinski definition) is 2. The largest absolute Gasteiger partial charge is 0.356 e. The van der Waals surface area contributed by atoms with E-state index in [1.807, 2.05) is 36.2 Å². The van der Waals surface area contributed by atoms with Crippen molar-refractivity contribution in [2.75, 3.05) is 31.6 Å². The molecule has 32 heavy (non-hydrogen) atoms. The first kappa shape index (κ1) is 22.7. The molecule has 0 radical (unpaired) electrons. The summed E-state index contributed by atoms with van der Waals surface area (Å²) in [7, 11) is 1.89. The summed E-state index contributed by atoms with van der Waals surface area (Å²) in [5, 5.41) is 0. The van der Waals surface area contributed by atoms with E-state index in [4.69, 9.17) is 0 Å². The second kappa shape index (κ2) is 10.9. The molecule has 2 aliphatic heterocycles. The Hall–Kier alpha value is -2.51. The average molecular weight is 440 g/mol. The molecular weight excluding hydrogens is 405 g/mol. The Labute approximate surface area is 190 Å². The first-order valence-electron chi connectivity index (χ1n) is 11.8. The van der Waals surface area contributed by atoms with Crippen molar-refractivity contribution in [3.8, 4) is 0 Å². The Bertz CT molecular complexity index is 884. The third-order valence-corrected chi connectivity index (χ3v) is 6.57. The lowest BCUT2D eigenvalue weighted by atomic mass is 9.99. The molecule has 7 heteroatoms. The fraction of sp³-hybridized carbons (Fsp3) is 0.520. The van der Waals surface area contributed by atoms with Crippen molar-refractivity contribution in [3.05, 3.63) is 59.5 Å². The molecule has 2 aromatic rings. The number of nitrogens with one attached hydrogen (secondary N) is 2. The van der Waals surface area contributed by atoms with Gasteiger partial charge < -0.3 is 9.80 Å². The zero-order chi connectivity index (χ0) is 22.3. The number of pyridine rings is 1. The Morgan fingerprint density at radius 2 is 1.91 bits per heavy atom. The first-order valence-corrected chi connectivity index (χ1v) is 11.8. The van der Waals surface area contributed by atoms with Crippen LogP contribution in [0.25, 0.3) is 0 Å². The minimum atomic E-state index is -0.199. The SMILES string of the molecule is CN(CCCCCC1CC(c2ccc(F)cc2)NN1)C(=O)c1cccnc1N1CCCC1. The van der Waals surface area contributed by atoms with Crippen LogP contribution in [0.15, 0.2) is 42.6 Å². The summed E-state index contributed by atoms with van der Waals surface area (Å²) in [6.07, 6.45) is 9.38. The number of halogens is 1. The molecule has 1 amide bonds. The summed E-state index contributed by atoms with van der Waals surface area (Å²) in [5.74, 6) is 0.691. The van der Waals surface area contributed by atoms with E-state index in [9.17, 15) is 9.18 Å². The van der Waals surface area contributed by atoms with Crippen LogP contribution >= 0.6 is 0 Å². The maximum absolute atomic E-state index is 13.1.